The molecule has 3 aromatic carbocycles. The topological polar surface area (TPSA) is 111 Å². The number of ether oxygens (including phenoxy) is 1. The molecule has 0 aliphatic carbocycles. The number of methoxy groups -OCH3 is 1. The molecule has 3 rings (SSSR count). The Balaban J connectivity index is 1.93. The average Bonchev–Trinajstić information content (AvgIpc) is 2.81. The maximum Gasteiger partial charge on any atom is 0.272 e. The van der Waals surface area contributed by atoms with Gasteiger partial charge in [-0.3, -0.25) is 19.7 Å². The fraction of sp³-hybridized carbons (Fsp3) is 0.0435. The fourth-order valence-electron chi connectivity index (χ4n) is 2.79. The summed E-state index contributed by atoms with van der Waals surface area (Å²) in [6.45, 7) is 0. The van der Waals surface area contributed by atoms with Crippen LogP contribution in [0.4, 0.5) is 15.8 Å². The summed E-state index contributed by atoms with van der Waals surface area (Å²) in [7, 11) is 1.45. The number of anilines is 1. The second-order valence-electron chi connectivity index (χ2n) is 6.79. The van der Waals surface area contributed by atoms with Crippen LogP contribution in [0.25, 0.3) is 6.08 Å². The van der Waals surface area contributed by atoms with Gasteiger partial charge in [0.05, 0.1) is 27.6 Å². The van der Waals surface area contributed by atoms with Crippen molar-refractivity contribution in [3.05, 3.63) is 103 Å². The van der Waals surface area contributed by atoms with E-state index in [2.05, 4.69) is 10.6 Å². The molecule has 0 unspecified atom stereocenters. The SMILES string of the molecule is COc1ccc(C(=O)N/C(=C/c2ccc([N+](=O)[O-])cc2)C(=O)Nc2ccc(F)c(Cl)c2)c(Cl)c1. The lowest BCUT2D eigenvalue weighted by Gasteiger charge is -2.13. The molecule has 0 bridgehead atoms. The predicted molar refractivity (Wildman–Crippen MR) is 127 cm³/mol. The van der Waals surface area contributed by atoms with E-state index in [1.807, 2.05) is 0 Å². The summed E-state index contributed by atoms with van der Waals surface area (Å²) in [6, 6.07) is 13.3. The highest BCUT2D eigenvalue weighted by Crippen LogP contribution is 2.23. The van der Waals surface area contributed by atoms with Gasteiger partial charge in [-0.2, -0.15) is 0 Å². The van der Waals surface area contributed by atoms with Crippen molar-refractivity contribution in [1.82, 2.24) is 5.32 Å². The Bertz CT molecular complexity index is 1300. The molecule has 0 spiro atoms. The first-order chi connectivity index (χ1) is 16.2. The molecule has 2 N–H and O–H groups in total. The summed E-state index contributed by atoms with van der Waals surface area (Å²) < 4.78 is 18.5. The second-order valence-corrected chi connectivity index (χ2v) is 7.60. The molecular weight excluding hydrogens is 488 g/mol. The first kappa shape index (κ1) is 24.7. The molecule has 11 heteroatoms. The third kappa shape index (κ3) is 6.09. The summed E-state index contributed by atoms with van der Waals surface area (Å²) in [5.74, 6) is -1.66. The smallest absolute Gasteiger partial charge is 0.272 e. The van der Waals surface area contributed by atoms with Crippen LogP contribution in [0.5, 0.6) is 5.75 Å². The van der Waals surface area contributed by atoms with E-state index in [0.29, 0.717) is 11.3 Å². The van der Waals surface area contributed by atoms with Crippen molar-refractivity contribution < 1.29 is 23.6 Å². The minimum absolute atomic E-state index is 0.0784. The standard InChI is InChI=1S/C23H16Cl2FN3O5/c1-34-16-7-8-17(18(24)12-16)22(30)28-21(10-13-2-5-15(6-3-13)29(32)33)23(31)27-14-4-9-20(26)19(25)11-14/h2-12H,1H3,(H,27,31)(H,28,30)/b21-10+. The largest absolute Gasteiger partial charge is 0.497 e. The predicted octanol–water partition coefficient (Wildman–Crippen LogP) is 5.46. The van der Waals surface area contributed by atoms with Crippen LogP contribution in [0, 0.1) is 15.9 Å². The number of hydrogen-bond acceptors (Lipinski definition) is 5. The lowest BCUT2D eigenvalue weighted by atomic mass is 10.1. The van der Waals surface area contributed by atoms with Gasteiger partial charge in [0, 0.05) is 17.8 Å². The van der Waals surface area contributed by atoms with Gasteiger partial charge in [-0.25, -0.2) is 4.39 Å². The van der Waals surface area contributed by atoms with Crippen LogP contribution in [0.2, 0.25) is 10.0 Å². The number of halogens is 3. The van der Waals surface area contributed by atoms with Crippen LogP contribution in [-0.4, -0.2) is 23.8 Å². The quantitative estimate of drug-likeness (QED) is 0.252. The average molecular weight is 504 g/mol. The second kappa shape index (κ2) is 10.8. The van der Waals surface area contributed by atoms with Crippen LogP contribution in [-0.2, 0) is 4.79 Å². The van der Waals surface area contributed by atoms with Gasteiger partial charge >= 0.3 is 0 Å². The van der Waals surface area contributed by atoms with E-state index in [9.17, 15) is 24.1 Å². The van der Waals surface area contributed by atoms with E-state index < -0.39 is 22.6 Å². The van der Waals surface area contributed by atoms with Gasteiger partial charge in [0.2, 0.25) is 0 Å². The zero-order chi connectivity index (χ0) is 24.8. The molecule has 3 aromatic rings. The van der Waals surface area contributed by atoms with Crippen molar-refractivity contribution in [2.24, 2.45) is 0 Å². The Hall–Kier alpha value is -3.95. The normalized spacial score (nSPS) is 11.0. The number of non-ortho nitro benzene ring substituents is 1. The first-order valence-corrected chi connectivity index (χ1v) is 10.3. The van der Waals surface area contributed by atoms with E-state index in [0.717, 1.165) is 6.07 Å². The van der Waals surface area contributed by atoms with Crippen LogP contribution in [0.15, 0.2) is 66.4 Å². The Kier molecular flexibility index (Phi) is 7.83. The van der Waals surface area contributed by atoms with E-state index in [1.54, 1.807) is 0 Å². The summed E-state index contributed by atoms with van der Waals surface area (Å²) in [5, 5.41) is 15.8. The third-order valence-electron chi connectivity index (χ3n) is 4.51. The van der Waals surface area contributed by atoms with E-state index in [1.165, 1.54) is 67.8 Å². The molecule has 8 nitrogen and oxygen atoms in total. The molecule has 0 aliphatic rings. The number of nitro benzene ring substituents is 1. The number of carbonyl (C=O) groups is 2. The van der Waals surface area contributed by atoms with Crippen LogP contribution >= 0.6 is 23.2 Å². The lowest BCUT2D eigenvalue weighted by Crippen LogP contribution is -2.31. The van der Waals surface area contributed by atoms with Gasteiger partial charge < -0.3 is 15.4 Å². The van der Waals surface area contributed by atoms with Gasteiger partial charge in [0.15, 0.2) is 0 Å². The number of amides is 2. The minimum Gasteiger partial charge on any atom is -0.497 e. The Morgan fingerprint density at radius 2 is 1.74 bits per heavy atom. The molecule has 0 fully saturated rings. The molecule has 0 saturated heterocycles. The van der Waals surface area contributed by atoms with Gasteiger partial charge in [0.1, 0.15) is 17.3 Å². The van der Waals surface area contributed by atoms with Crippen LogP contribution < -0.4 is 15.4 Å². The monoisotopic (exact) mass is 503 g/mol. The van der Waals surface area contributed by atoms with E-state index in [-0.39, 0.29) is 32.7 Å². The van der Waals surface area contributed by atoms with Crippen LogP contribution in [0.3, 0.4) is 0 Å². The lowest BCUT2D eigenvalue weighted by molar-refractivity contribution is -0.384. The number of nitrogens with one attached hydrogen (secondary N) is 2. The number of benzene rings is 3. The molecule has 0 radical (unpaired) electrons. The highest BCUT2D eigenvalue weighted by molar-refractivity contribution is 6.34. The van der Waals surface area contributed by atoms with Crippen molar-refractivity contribution in [3.63, 3.8) is 0 Å². The van der Waals surface area contributed by atoms with Crippen molar-refractivity contribution in [3.8, 4) is 5.75 Å². The molecule has 0 heterocycles. The maximum absolute atomic E-state index is 13.4. The third-order valence-corrected chi connectivity index (χ3v) is 5.11. The number of nitrogens with zero attached hydrogens (tertiary/aromatic N) is 1. The molecule has 0 atom stereocenters. The van der Waals surface area contributed by atoms with Gasteiger partial charge in [-0.15, -0.1) is 0 Å². The zero-order valence-corrected chi connectivity index (χ0v) is 19.0. The molecule has 0 aliphatic heterocycles. The molecule has 0 aromatic heterocycles. The molecule has 2 amide bonds. The Morgan fingerprint density at radius 1 is 1.03 bits per heavy atom. The van der Waals surface area contributed by atoms with Crippen molar-refractivity contribution in [2.45, 2.75) is 0 Å². The summed E-state index contributed by atoms with van der Waals surface area (Å²) in [4.78, 5) is 36.1. The van der Waals surface area contributed by atoms with Crippen molar-refractivity contribution >= 4 is 52.5 Å². The van der Waals surface area contributed by atoms with E-state index in [4.69, 9.17) is 27.9 Å². The fourth-order valence-corrected chi connectivity index (χ4v) is 3.22. The van der Waals surface area contributed by atoms with Gasteiger partial charge in [-0.05, 0) is 60.2 Å². The molecule has 0 saturated carbocycles. The first-order valence-electron chi connectivity index (χ1n) is 9.55. The zero-order valence-electron chi connectivity index (χ0n) is 17.5. The van der Waals surface area contributed by atoms with Crippen molar-refractivity contribution in [1.29, 1.82) is 0 Å². The number of carbonyl (C=O) groups excluding carboxylic acids is 2. The van der Waals surface area contributed by atoms with E-state index >= 15 is 0 Å². The van der Waals surface area contributed by atoms with Gasteiger partial charge in [0.25, 0.3) is 17.5 Å². The summed E-state index contributed by atoms with van der Waals surface area (Å²) in [5.41, 5.74) is 0.316. The summed E-state index contributed by atoms with van der Waals surface area (Å²) >= 11 is 11.9. The Morgan fingerprint density at radius 3 is 2.32 bits per heavy atom. The number of rotatable bonds is 7. The molecular formula is C23H16Cl2FN3O5. The minimum atomic E-state index is -0.751. The van der Waals surface area contributed by atoms with Crippen molar-refractivity contribution in [2.75, 3.05) is 12.4 Å². The Labute approximate surface area is 203 Å². The molecule has 34 heavy (non-hydrogen) atoms. The van der Waals surface area contributed by atoms with Gasteiger partial charge in [-0.1, -0.05) is 23.2 Å². The highest BCUT2D eigenvalue weighted by Gasteiger charge is 2.18. The number of nitro groups is 1. The number of hydrogen-bond donors (Lipinski definition) is 2. The summed E-state index contributed by atoms with van der Waals surface area (Å²) in [6.07, 6.45) is 1.32. The highest BCUT2D eigenvalue weighted by atomic mass is 35.5. The molecule has 174 valence electrons. The maximum atomic E-state index is 13.4. The van der Waals surface area contributed by atoms with Crippen LogP contribution in [0.1, 0.15) is 15.9 Å².